The van der Waals surface area contributed by atoms with Crippen LogP contribution in [0.4, 0.5) is 11.8 Å². The lowest BCUT2D eigenvalue weighted by atomic mass is 10.1. The quantitative estimate of drug-likeness (QED) is 0.825. The fourth-order valence-corrected chi connectivity index (χ4v) is 3.04. The minimum atomic E-state index is -0.591. The van der Waals surface area contributed by atoms with Gasteiger partial charge in [-0.05, 0) is 18.9 Å². The number of hydrogen-bond donors (Lipinski definition) is 1. The molecule has 1 fully saturated rings. The Morgan fingerprint density at radius 2 is 1.96 bits per heavy atom. The lowest BCUT2D eigenvalue weighted by Crippen LogP contribution is -2.45. The van der Waals surface area contributed by atoms with Crippen molar-refractivity contribution in [3.05, 3.63) is 44.9 Å². The molecular formula is C16H19N7O2. The molecule has 1 saturated heterocycles. The van der Waals surface area contributed by atoms with Gasteiger partial charge in [-0.2, -0.15) is 5.26 Å². The van der Waals surface area contributed by atoms with Crippen LogP contribution >= 0.6 is 0 Å². The normalized spacial score (nSPS) is 17.2. The lowest BCUT2D eigenvalue weighted by Gasteiger charge is -2.34. The van der Waals surface area contributed by atoms with Gasteiger partial charge in [0, 0.05) is 45.6 Å². The topological polar surface area (TPSA) is 109 Å². The van der Waals surface area contributed by atoms with Gasteiger partial charge in [0.05, 0.1) is 0 Å². The molecule has 130 valence electrons. The van der Waals surface area contributed by atoms with Crippen molar-refractivity contribution in [2.45, 2.75) is 18.9 Å². The second-order valence-corrected chi connectivity index (χ2v) is 6.02. The summed E-state index contributed by atoms with van der Waals surface area (Å²) in [6, 6.07) is 3.65. The molecule has 0 aliphatic carbocycles. The van der Waals surface area contributed by atoms with Gasteiger partial charge in [0.2, 0.25) is 5.95 Å². The van der Waals surface area contributed by atoms with Gasteiger partial charge in [-0.1, -0.05) is 0 Å². The van der Waals surface area contributed by atoms with E-state index in [0.29, 0.717) is 12.5 Å². The standard InChI is InChI=1S/C16H19N7O2/c1-21-13(12(9-17)14(24)22(2)16(21)25)20-11-5-3-8-23(10-11)15-18-6-4-7-19-15/h4,6-7,11,20H,3,5,8,10H2,1-2H3/t11-/m1/s1. The molecule has 1 aliphatic heterocycles. The predicted molar refractivity (Wildman–Crippen MR) is 92.5 cm³/mol. The number of rotatable bonds is 3. The average molecular weight is 341 g/mol. The van der Waals surface area contributed by atoms with Crippen molar-refractivity contribution >= 4 is 11.8 Å². The zero-order valence-electron chi connectivity index (χ0n) is 14.1. The van der Waals surface area contributed by atoms with Gasteiger partial charge >= 0.3 is 5.69 Å². The Morgan fingerprint density at radius 3 is 2.64 bits per heavy atom. The van der Waals surface area contributed by atoms with Crippen LogP contribution in [-0.4, -0.2) is 38.2 Å². The highest BCUT2D eigenvalue weighted by Crippen LogP contribution is 2.19. The van der Waals surface area contributed by atoms with E-state index in [4.69, 9.17) is 0 Å². The average Bonchev–Trinajstić information content (AvgIpc) is 2.65. The minimum absolute atomic E-state index is 0.0256. The zero-order valence-corrected chi connectivity index (χ0v) is 14.1. The fraction of sp³-hybridized carbons (Fsp3) is 0.438. The molecule has 0 unspecified atom stereocenters. The van der Waals surface area contributed by atoms with Crippen LogP contribution in [0.1, 0.15) is 18.4 Å². The summed E-state index contributed by atoms with van der Waals surface area (Å²) < 4.78 is 2.24. The Kier molecular flexibility index (Phi) is 4.52. The molecule has 1 aliphatic rings. The zero-order chi connectivity index (χ0) is 18.0. The molecule has 2 aromatic heterocycles. The Balaban J connectivity index is 1.89. The first kappa shape index (κ1) is 16.7. The highest BCUT2D eigenvalue weighted by molar-refractivity contribution is 5.52. The van der Waals surface area contributed by atoms with Crippen LogP contribution in [-0.2, 0) is 14.1 Å². The first-order valence-corrected chi connectivity index (χ1v) is 8.01. The Labute approximate surface area is 144 Å². The first-order chi connectivity index (χ1) is 12.0. The van der Waals surface area contributed by atoms with E-state index in [9.17, 15) is 14.9 Å². The third-order valence-electron chi connectivity index (χ3n) is 4.37. The Hall–Kier alpha value is -3.15. The summed E-state index contributed by atoms with van der Waals surface area (Å²) in [5.74, 6) is 0.906. The maximum absolute atomic E-state index is 12.2. The van der Waals surface area contributed by atoms with Crippen LogP contribution in [0.25, 0.3) is 0 Å². The van der Waals surface area contributed by atoms with Crippen molar-refractivity contribution in [1.29, 1.82) is 5.26 Å². The molecule has 0 saturated carbocycles. The number of anilines is 2. The molecule has 9 nitrogen and oxygen atoms in total. The Bertz CT molecular complexity index is 926. The monoisotopic (exact) mass is 341 g/mol. The van der Waals surface area contributed by atoms with Crippen molar-refractivity contribution in [3.8, 4) is 6.07 Å². The lowest BCUT2D eigenvalue weighted by molar-refractivity contribution is 0.517. The van der Waals surface area contributed by atoms with Crippen LogP contribution in [0.3, 0.4) is 0 Å². The van der Waals surface area contributed by atoms with Gasteiger partial charge in [0.25, 0.3) is 5.56 Å². The second kappa shape index (κ2) is 6.76. The molecular weight excluding hydrogens is 322 g/mol. The maximum Gasteiger partial charge on any atom is 0.332 e. The molecule has 0 spiro atoms. The number of piperidine rings is 1. The van der Waals surface area contributed by atoms with E-state index in [1.165, 1.54) is 11.6 Å². The van der Waals surface area contributed by atoms with Crippen LogP contribution in [0, 0.1) is 11.3 Å². The van der Waals surface area contributed by atoms with Gasteiger partial charge in [-0.25, -0.2) is 14.8 Å². The van der Waals surface area contributed by atoms with Crippen molar-refractivity contribution in [2.24, 2.45) is 14.1 Å². The maximum atomic E-state index is 12.2. The van der Waals surface area contributed by atoms with Crippen LogP contribution in [0.2, 0.25) is 0 Å². The largest absolute Gasteiger partial charge is 0.366 e. The summed E-state index contributed by atoms with van der Waals surface area (Å²) in [5, 5.41) is 12.6. The smallest absolute Gasteiger partial charge is 0.332 e. The van der Waals surface area contributed by atoms with Crippen LogP contribution in [0.15, 0.2) is 28.0 Å². The molecule has 0 amide bonds. The third kappa shape index (κ3) is 3.10. The van der Waals surface area contributed by atoms with Gasteiger partial charge in [-0.3, -0.25) is 13.9 Å². The van der Waals surface area contributed by atoms with Crippen molar-refractivity contribution in [2.75, 3.05) is 23.3 Å². The fourth-order valence-electron chi connectivity index (χ4n) is 3.04. The van der Waals surface area contributed by atoms with E-state index in [1.807, 2.05) is 11.0 Å². The van der Waals surface area contributed by atoms with Gasteiger partial charge in [0.1, 0.15) is 11.9 Å². The number of nitrogens with zero attached hydrogens (tertiary/aromatic N) is 6. The van der Waals surface area contributed by atoms with Crippen LogP contribution in [0.5, 0.6) is 0 Å². The number of aromatic nitrogens is 4. The number of nitriles is 1. The molecule has 1 N–H and O–H groups in total. The first-order valence-electron chi connectivity index (χ1n) is 8.01. The second-order valence-electron chi connectivity index (χ2n) is 6.02. The summed E-state index contributed by atoms with van der Waals surface area (Å²) >= 11 is 0. The molecule has 0 aromatic carbocycles. The van der Waals surface area contributed by atoms with Gasteiger partial charge in [0.15, 0.2) is 5.56 Å². The van der Waals surface area contributed by atoms with E-state index < -0.39 is 11.2 Å². The summed E-state index contributed by atoms with van der Waals surface area (Å²) in [5.41, 5.74) is -1.12. The molecule has 25 heavy (non-hydrogen) atoms. The Morgan fingerprint density at radius 1 is 1.24 bits per heavy atom. The van der Waals surface area contributed by atoms with Crippen molar-refractivity contribution in [3.63, 3.8) is 0 Å². The molecule has 0 bridgehead atoms. The molecule has 0 radical (unpaired) electrons. The highest BCUT2D eigenvalue weighted by atomic mass is 16.2. The molecule has 9 heteroatoms. The van der Waals surface area contributed by atoms with Gasteiger partial charge < -0.3 is 10.2 Å². The predicted octanol–water partition coefficient (Wildman–Crippen LogP) is -0.173. The SMILES string of the molecule is Cn1c(N[C@@H]2CCCN(c3ncccn3)C2)c(C#N)c(=O)n(C)c1=O. The molecule has 1 atom stereocenters. The molecule has 2 aromatic rings. The summed E-state index contributed by atoms with van der Waals surface area (Å²) in [6.45, 7) is 1.46. The minimum Gasteiger partial charge on any atom is -0.366 e. The molecule has 3 rings (SSSR count). The van der Waals surface area contributed by atoms with E-state index in [1.54, 1.807) is 25.5 Å². The summed E-state index contributed by atoms with van der Waals surface area (Å²) in [7, 11) is 2.91. The molecule has 3 heterocycles. The van der Waals surface area contributed by atoms with Crippen molar-refractivity contribution < 1.29 is 0 Å². The van der Waals surface area contributed by atoms with Crippen molar-refractivity contribution in [1.82, 2.24) is 19.1 Å². The van der Waals surface area contributed by atoms with Gasteiger partial charge in [-0.15, -0.1) is 0 Å². The number of hydrogen-bond acceptors (Lipinski definition) is 7. The third-order valence-corrected chi connectivity index (χ3v) is 4.37. The summed E-state index contributed by atoms with van der Waals surface area (Å²) in [6.07, 6.45) is 5.16. The van der Waals surface area contributed by atoms with E-state index >= 15 is 0 Å². The number of nitrogens with one attached hydrogen (secondary N) is 1. The summed E-state index contributed by atoms with van der Waals surface area (Å²) in [4.78, 5) is 34.9. The highest BCUT2D eigenvalue weighted by Gasteiger charge is 2.24. The van der Waals surface area contributed by atoms with Crippen LogP contribution < -0.4 is 21.5 Å². The van der Waals surface area contributed by atoms with E-state index in [2.05, 4.69) is 15.3 Å². The van der Waals surface area contributed by atoms with E-state index in [-0.39, 0.29) is 17.4 Å². The van der Waals surface area contributed by atoms with E-state index in [0.717, 1.165) is 24.0 Å².